The van der Waals surface area contributed by atoms with Crippen LogP contribution in [-0.4, -0.2) is 63.9 Å². The highest BCUT2D eigenvalue weighted by Gasteiger charge is 2.43. The van der Waals surface area contributed by atoms with Gasteiger partial charge in [0.25, 0.3) is 5.91 Å². The number of fused-ring (bicyclic) bond motifs is 3. The minimum absolute atomic E-state index is 0.0465. The Kier molecular flexibility index (Phi) is 4.20. The Morgan fingerprint density at radius 2 is 1.61 bits per heavy atom. The molecular weight excluding hydrogens is 364 g/mol. The van der Waals surface area contributed by atoms with E-state index >= 15 is 0 Å². The molecule has 0 aromatic heterocycles. The largest absolute Gasteiger partial charge is 0.480 e. The molecule has 1 amide bonds. The van der Waals surface area contributed by atoms with Crippen molar-refractivity contribution >= 4 is 23.6 Å². The third-order valence-corrected chi connectivity index (χ3v) is 5.12. The summed E-state index contributed by atoms with van der Waals surface area (Å²) in [6, 6.07) is 8.84. The molecule has 1 aliphatic heterocycles. The third kappa shape index (κ3) is 2.66. The summed E-state index contributed by atoms with van der Waals surface area (Å²) in [6.07, 6.45) is 0. The molecule has 0 saturated carbocycles. The van der Waals surface area contributed by atoms with Crippen LogP contribution < -0.4 is 5.32 Å². The number of hydrogen-bond donors (Lipinski definition) is 3. The molecular formula is C20H16N2O6. The molecule has 8 heteroatoms. The Balaban J connectivity index is 1.70. The summed E-state index contributed by atoms with van der Waals surface area (Å²) < 4.78 is 0. The minimum atomic E-state index is -1.54. The predicted molar refractivity (Wildman–Crippen MR) is 97.2 cm³/mol. The highest BCUT2D eigenvalue weighted by molar-refractivity contribution is 6.22. The lowest BCUT2D eigenvalue weighted by molar-refractivity contribution is -0.152. The quantitative estimate of drug-likeness (QED) is 0.615. The lowest BCUT2D eigenvalue weighted by Crippen LogP contribution is -2.65. The van der Waals surface area contributed by atoms with E-state index in [4.69, 9.17) is 0 Å². The van der Waals surface area contributed by atoms with Crippen molar-refractivity contribution in [1.82, 2.24) is 10.2 Å². The number of hydrogen-bond acceptors (Lipinski definition) is 5. The van der Waals surface area contributed by atoms with E-state index < -0.39 is 29.9 Å². The maximum absolute atomic E-state index is 13.0. The molecule has 0 spiro atoms. The van der Waals surface area contributed by atoms with Crippen molar-refractivity contribution in [2.45, 2.75) is 12.1 Å². The van der Waals surface area contributed by atoms with Gasteiger partial charge in [0, 0.05) is 29.8 Å². The number of carbonyl (C=O) groups excluding carboxylic acids is 2. The topological polar surface area (TPSA) is 124 Å². The first-order valence-electron chi connectivity index (χ1n) is 8.68. The van der Waals surface area contributed by atoms with Gasteiger partial charge < -0.3 is 20.4 Å². The highest BCUT2D eigenvalue weighted by atomic mass is 16.4. The molecule has 2 atom stereocenters. The second-order valence-corrected chi connectivity index (χ2v) is 6.69. The summed E-state index contributed by atoms with van der Waals surface area (Å²) in [6.45, 7) is 0.201. The lowest BCUT2D eigenvalue weighted by Gasteiger charge is -2.37. The standard InChI is InChI=1S/C20H16N2O6/c23-17-13-4-2-1-3-11(13)12-6-5-10(9-14(12)17)18(24)22-8-7-21-15(19(25)26)16(22)20(27)28/h1-6,9,15-16,21H,7-8H2,(H,25,26)(H,27,28)/t15-,16+/m0/s1. The van der Waals surface area contributed by atoms with Crippen LogP contribution in [0.3, 0.4) is 0 Å². The molecule has 1 heterocycles. The first kappa shape index (κ1) is 17.9. The number of amides is 1. The van der Waals surface area contributed by atoms with Crippen molar-refractivity contribution in [2.24, 2.45) is 0 Å². The minimum Gasteiger partial charge on any atom is -0.480 e. The zero-order valence-corrected chi connectivity index (χ0v) is 14.6. The number of carboxylic acid groups (broad SMARTS) is 2. The second-order valence-electron chi connectivity index (χ2n) is 6.69. The normalized spacial score (nSPS) is 20.4. The Bertz CT molecular complexity index is 1030. The van der Waals surface area contributed by atoms with Gasteiger partial charge in [-0.15, -0.1) is 0 Å². The van der Waals surface area contributed by atoms with Gasteiger partial charge in [-0.05, 0) is 23.3 Å². The van der Waals surface area contributed by atoms with Crippen LogP contribution in [0.5, 0.6) is 0 Å². The van der Waals surface area contributed by atoms with Gasteiger partial charge in [0.1, 0.15) is 6.04 Å². The fourth-order valence-electron chi connectivity index (χ4n) is 3.82. The molecule has 0 unspecified atom stereocenters. The van der Waals surface area contributed by atoms with Gasteiger partial charge in [0.05, 0.1) is 0 Å². The molecule has 2 aliphatic rings. The summed E-state index contributed by atoms with van der Waals surface area (Å²) in [5, 5.41) is 21.4. The molecule has 8 nitrogen and oxygen atoms in total. The van der Waals surface area contributed by atoms with Crippen LogP contribution in [0.2, 0.25) is 0 Å². The van der Waals surface area contributed by atoms with Gasteiger partial charge in [-0.2, -0.15) is 0 Å². The number of carboxylic acids is 2. The maximum Gasteiger partial charge on any atom is 0.328 e. The Morgan fingerprint density at radius 3 is 2.29 bits per heavy atom. The van der Waals surface area contributed by atoms with E-state index in [-0.39, 0.29) is 24.4 Å². The molecule has 28 heavy (non-hydrogen) atoms. The average molecular weight is 380 g/mol. The summed E-state index contributed by atoms with van der Waals surface area (Å²) >= 11 is 0. The van der Waals surface area contributed by atoms with E-state index in [1.165, 1.54) is 12.1 Å². The van der Waals surface area contributed by atoms with Crippen molar-refractivity contribution in [3.05, 3.63) is 59.2 Å². The van der Waals surface area contributed by atoms with Crippen molar-refractivity contribution in [3.63, 3.8) is 0 Å². The summed E-state index contributed by atoms with van der Waals surface area (Å²) in [5.74, 6) is -3.56. The molecule has 0 bridgehead atoms. The van der Waals surface area contributed by atoms with Gasteiger partial charge in [0.2, 0.25) is 0 Å². The average Bonchev–Trinajstić information content (AvgIpc) is 2.99. The Morgan fingerprint density at radius 1 is 0.929 bits per heavy atom. The van der Waals surface area contributed by atoms with Crippen LogP contribution in [0, 0.1) is 0 Å². The maximum atomic E-state index is 13.0. The smallest absolute Gasteiger partial charge is 0.328 e. The summed E-state index contributed by atoms with van der Waals surface area (Å²) in [5.41, 5.74) is 2.59. The zero-order chi connectivity index (χ0) is 20.0. The first-order valence-corrected chi connectivity index (χ1v) is 8.68. The van der Waals surface area contributed by atoms with Gasteiger partial charge in [-0.25, -0.2) is 4.79 Å². The van der Waals surface area contributed by atoms with E-state index in [9.17, 15) is 29.4 Å². The van der Waals surface area contributed by atoms with Crippen molar-refractivity contribution < 1.29 is 29.4 Å². The van der Waals surface area contributed by atoms with Crippen molar-refractivity contribution in [3.8, 4) is 11.1 Å². The molecule has 3 N–H and O–H groups in total. The number of aliphatic carboxylic acids is 2. The van der Waals surface area contributed by atoms with Crippen LogP contribution in [0.4, 0.5) is 0 Å². The van der Waals surface area contributed by atoms with Gasteiger partial charge in [0.15, 0.2) is 11.8 Å². The van der Waals surface area contributed by atoms with Gasteiger partial charge >= 0.3 is 11.9 Å². The second kappa shape index (κ2) is 6.58. The lowest BCUT2D eigenvalue weighted by atomic mass is 9.99. The molecule has 2 aromatic carbocycles. The zero-order valence-electron chi connectivity index (χ0n) is 14.6. The van der Waals surface area contributed by atoms with Gasteiger partial charge in [-0.3, -0.25) is 14.4 Å². The number of ketones is 1. The van der Waals surface area contributed by atoms with E-state index in [0.717, 1.165) is 16.0 Å². The third-order valence-electron chi connectivity index (χ3n) is 5.12. The first-order chi connectivity index (χ1) is 13.4. The fourth-order valence-corrected chi connectivity index (χ4v) is 3.82. The molecule has 1 fully saturated rings. The van der Waals surface area contributed by atoms with Gasteiger partial charge in [-0.1, -0.05) is 30.3 Å². The summed E-state index contributed by atoms with van der Waals surface area (Å²) in [7, 11) is 0. The number of nitrogens with one attached hydrogen (secondary N) is 1. The molecule has 4 rings (SSSR count). The number of nitrogens with zero attached hydrogens (tertiary/aromatic N) is 1. The van der Waals surface area contributed by atoms with Crippen LogP contribution in [-0.2, 0) is 9.59 Å². The predicted octanol–water partition coefficient (Wildman–Crippen LogP) is 0.850. The number of carbonyl (C=O) groups is 4. The molecule has 142 valence electrons. The summed E-state index contributed by atoms with van der Waals surface area (Å²) in [4.78, 5) is 49.7. The number of rotatable bonds is 3. The van der Waals surface area contributed by atoms with Crippen molar-refractivity contribution in [1.29, 1.82) is 0 Å². The van der Waals surface area contributed by atoms with E-state index in [0.29, 0.717) is 11.1 Å². The van der Waals surface area contributed by atoms with Crippen molar-refractivity contribution in [2.75, 3.05) is 13.1 Å². The van der Waals surface area contributed by atoms with E-state index in [1.807, 2.05) is 12.1 Å². The SMILES string of the molecule is O=C1c2ccccc2-c2ccc(C(=O)N3CCN[C@H](C(=O)O)[C@@H]3C(=O)O)cc21. The molecule has 1 saturated heterocycles. The van der Waals surface area contributed by atoms with Crippen LogP contribution in [0.1, 0.15) is 26.3 Å². The van der Waals surface area contributed by atoms with E-state index in [1.54, 1.807) is 18.2 Å². The molecule has 0 radical (unpaired) electrons. The monoisotopic (exact) mass is 380 g/mol. The number of piperazine rings is 1. The molecule has 1 aliphatic carbocycles. The fraction of sp³-hybridized carbons (Fsp3) is 0.200. The number of benzene rings is 2. The van der Waals surface area contributed by atoms with Crippen LogP contribution >= 0.6 is 0 Å². The highest BCUT2D eigenvalue weighted by Crippen LogP contribution is 2.37. The Labute approximate surface area is 159 Å². The van der Waals surface area contributed by atoms with E-state index in [2.05, 4.69) is 5.32 Å². The Hall–Kier alpha value is -3.52. The van der Waals surface area contributed by atoms with Crippen LogP contribution in [0.15, 0.2) is 42.5 Å². The van der Waals surface area contributed by atoms with Crippen LogP contribution in [0.25, 0.3) is 11.1 Å². The molecule has 2 aromatic rings.